The molecule has 254 valence electrons. The smallest absolute Gasteiger partial charge is 0.234 e. The summed E-state index contributed by atoms with van der Waals surface area (Å²) < 4.78 is 5.10. The van der Waals surface area contributed by atoms with E-state index in [0.717, 1.165) is 6.42 Å². The normalized spacial score (nSPS) is 11.6. The first-order valence-corrected chi connectivity index (χ1v) is 20.4. The van der Waals surface area contributed by atoms with Crippen molar-refractivity contribution in [2.24, 2.45) is 0 Å². The van der Waals surface area contributed by atoms with Crippen LogP contribution in [-0.4, -0.2) is 4.57 Å². The van der Waals surface area contributed by atoms with E-state index in [0.29, 0.717) is 0 Å². The molecule has 2 nitrogen and oxygen atoms in total. The van der Waals surface area contributed by atoms with Gasteiger partial charge in [0.25, 0.3) is 5.82 Å². The van der Waals surface area contributed by atoms with E-state index >= 15 is 0 Å². The van der Waals surface area contributed by atoms with E-state index < -0.39 is 0 Å². The average molecular weight is 602 g/mol. The van der Waals surface area contributed by atoms with Crippen LogP contribution < -0.4 is 4.57 Å². The number of hydrogen-bond donors (Lipinski definition) is 0. The van der Waals surface area contributed by atoms with Crippen molar-refractivity contribution >= 4 is 0 Å². The van der Waals surface area contributed by atoms with Crippen molar-refractivity contribution in [1.82, 2.24) is 4.57 Å². The summed E-state index contributed by atoms with van der Waals surface area (Å²) in [6, 6.07) is 0. The highest BCUT2D eigenvalue weighted by Crippen LogP contribution is 2.15. The lowest BCUT2D eigenvalue weighted by Gasteiger charge is -2.05. The molecule has 1 rings (SSSR count). The SMILES string of the molecule is CCCCCCCCCCCCCCCCCCn1cc[n+](CCCCCCCCCCCCCCCCCC)c1CC. The summed E-state index contributed by atoms with van der Waals surface area (Å²) in [6.45, 7) is 9.38. The van der Waals surface area contributed by atoms with Crippen molar-refractivity contribution in [1.29, 1.82) is 0 Å². The highest BCUT2D eigenvalue weighted by atomic mass is 15.1. The third kappa shape index (κ3) is 25.1. The Labute approximate surface area is 272 Å². The lowest BCUT2D eigenvalue weighted by atomic mass is 10.0. The number of rotatable bonds is 35. The number of unbranched alkanes of at least 4 members (excludes halogenated alkanes) is 30. The third-order valence-corrected chi connectivity index (χ3v) is 9.91. The maximum absolute atomic E-state index is 2.55. The van der Waals surface area contributed by atoms with E-state index in [1.54, 1.807) is 5.82 Å². The zero-order chi connectivity index (χ0) is 30.9. The predicted octanol–water partition coefficient (Wildman–Crippen LogP) is 13.9. The Balaban J connectivity index is 1.91. The van der Waals surface area contributed by atoms with Crippen molar-refractivity contribution < 1.29 is 4.57 Å². The van der Waals surface area contributed by atoms with Gasteiger partial charge < -0.3 is 0 Å². The molecule has 0 atom stereocenters. The molecule has 0 aliphatic rings. The Morgan fingerprint density at radius 3 is 1.02 bits per heavy atom. The molecule has 0 N–H and O–H groups in total. The first-order chi connectivity index (χ1) is 21.3. The molecule has 0 saturated heterocycles. The molecule has 0 aliphatic heterocycles. The topological polar surface area (TPSA) is 8.81 Å². The van der Waals surface area contributed by atoms with Gasteiger partial charge in [-0.3, -0.25) is 0 Å². The Bertz CT molecular complexity index is 609. The van der Waals surface area contributed by atoms with Crippen LogP contribution in [0.2, 0.25) is 0 Å². The van der Waals surface area contributed by atoms with Gasteiger partial charge in [0.15, 0.2) is 0 Å². The van der Waals surface area contributed by atoms with Crippen LogP contribution in [0.25, 0.3) is 0 Å². The summed E-state index contributed by atoms with van der Waals surface area (Å²) in [5.74, 6) is 1.54. The van der Waals surface area contributed by atoms with E-state index in [1.165, 1.54) is 219 Å². The van der Waals surface area contributed by atoms with Crippen molar-refractivity contribution in [2.45, 2.75) is 246 Å². The Hall–Kier alpha value is -0.790. The molecular weight excluding hydrogens is 520 g/mol. The van der Waals surface area contributed by atoms with Crippen LogP contribution in [0.4, 0.5) is 0 Å². The minimum absolute atomic E-state index is 1.16. The summed E-state index contributed by atoms with van der Waals surface area (Å²) in [5.41, 5.74) is 0. The van der Waals surface area contributed by atoms with Crippen LogP contribution in [0.3, 0.4) is 0 Å². The van der Waals surface area contributed by atoms with Crippen molar-refractivity contribution in [2.75, 3.05) is 0 Å². The van der Waals surface area contributed by atoms with Gasteiger partial charge >= 0.3 is 0 Å². The second-order valence-electron chi connectivity index (χ2n) is 14.1. The first kappa shape index (κ1) is 40.2. The molecule has 0 radical (unpaired) electrons. The fourth-order valence-electron chi connectivity index (χ4n) is 6.97. The lowest BCUT2D eigenvalue weighted by Crippen LogP contribution is -2.37. The molecule has 0 spiro atoms. The van der Waals surface area contributed by atoms with Crippen molar-refractivity contribution in [3.8, 4) is 0 Å². The Kier molecular flexibility index (Phi) is 30.5. The molecular formula is C41H81N2+. The fourth-order valence-corrected chi connectivity index (χ4v) is 6.97. The molecule has 0 aromatic carbocycles. The number of nitrogens with zero attached hydrogens (tertiary/aromatic N) is 2. The maximum Gasteiger partial charge on any atom is 0.256 e. The number of aryl methyl sites for hydroxylation is 2. The number of aromatic nitrogens is 2. The van der Waals surface area contributed by atoms with Crippen LogP contribution in [0, 0.1) is 0 Å². The van der Waals surface area contributed by atoms with Gasteiger partial charge in [-0.05, 0) is 25.7 Å². The molecule has 2 heteroatoms. The van der Waals surface area contributed by atoms with Gasteiger partial charge in [0.1, 0.15) is 12.4 Å². The highest BCUT2D eigenvalue weighted by molar-refractivity contribution is 4.83. The van der Waals surface area contributed by atoms with E-state index in [4.69, 9.17) is 0 Å². The van der Waals surface area contributed by atoms with Crippen molar-refractivity contribution in [3.05, 3.63) is 18.2 Å². The van der Waals surface area contributed by atoms with Crippen LogP contribution in [0.1, 0.15) is 232 Å². The molecule has 0 amide bonds. The predicted molar refractivity (Wildman–Crippen MR) is 193 cm³/mol. The maximum atomic E-state index is 2.55. The van der Waals surface area contributed by atoms with E-state index in [9.17, 15) is 0 Å². The molecule has 1 aromatic rings. The molecule has 1 aromatic heterocycles. The number of hydrogen-bond acceptors (Lipinski definition) is 0. The highest BCUT2D eigenvalue weighted by Gasteiger charge is 2.14. The van der Waals surface area contributed by atoms with Gasteiger partial charge in [0.05, 0.1) is 13.1 Å². The zero-order valence-electron chi connectivity index (χ0n) is 30.3. The summed E-state index contributed by atoms with van der Waals surface area (Å²) in [4.78, 5) is 0. The average Bonchev–Trinajstić information content (AvgIpc) is 3.42. The largest absolute Gasteiger partial charge is 0.256 e. The van der Waals surface area contributed by atoms with Gasteiger partial charge in [0, 0.05) is 6.42 Å². The quantitative estimate of drug-likeness (QED) is 0.0540. The third-order valence-electron chi connectivity index (χ3n) is 9.91. The van der Waals surface area contributed by atoms with Crippen LogP contribution in [-0.2, 0) is 19.5 Å². The number of imidazole rings is 1. The molecule has 0 bridgehead atoms. The lowest BCUT2D eigenvalue weighted by molar-refractivity contribution is -0.704. The minimum atomic E-state index is 1.16. The van der Waals surface area contributed by atoms with E-state index in [2.05, 4.69) is 42.3 Å². The summed E-state index contributed by atoms with van der Waals surface area (Å²) in [7, 11) is 0. The monoisotopic (exact) mass is 602 g/mol. The van der Waals surface area contributed by atoms with Crippen LogP contribution >= 0.6 is 0 Å². The van der Waals surface area contributed by atoms with Gasteiger partial charge in [-0.2, -0.15) is 0 Å². The summed E-state index contributed by atoms with van der Waals surface area (Å²) >= 11 is 0. The second kappa shape index (κ2) is 32.6. The van der Waals surface area contributed by atoms with Crippen LogP contribution in [0.15, 0.2) is 12.4 Å². The molecule has 0 fully saturated rings. The molecule has 0 aliphatic carbocycles. The Morgan fingerprint density at radius 2 is 0.698 bits per heavy atom. The van der Waals surface area contributed by atoms with E-state index in [1.807, 2.05) is 0 Å². The zero-order valence-corrected chi connectivity index (χ0v) is 30.3. The Morgan fingerprint density at radius 1 is 0.395 bits per heavy atom. The van der Waals surface area contributed by atoms with Crippen LogP contribution in [0.5, 0.6) is 0 Å². The molecule has 1 heterocycles. The summed E-state index contributed by atoms with van der Waals surface area (Å²) in [5, 5.41) is 0. The van der Waals surface area contributed by atoms with Gasteiger partial charge in [-0.15, -0.1) is 0 Å². The van der Waals surface area contributed by atoms with Gasteiger partial charge in [0.2, 0.25) is 0 Å². The first-order valence-electron chi connectivity index (χ1n) is 20.4. The van der Waals surface area contributed by atoms with Crippen molar-refractivity contribution in [3.63, 3.8) is 0 Å². The minimum Gasteiger partial charge on any atom is -0.234 e. The fraction of sp³-hybridized carbons (Fsp3) is 0.927. The van der Waals surface area contributed by atoms with E-state index in [-0.39, 0.29) is 0 Å². The molecule has 0 saturated carbocycles. The standard InChI is InChI=1S/C41H81N2/c1-4-7-9-11-13-15-17-19-21-23-25-27-29-31-33-35-37-42-39-40-43(41(42)6-3)38-36-34-32-30-28-26-24-22-20-18-16-14-12-10-8-5-2/h39-40H,4-38H2,1-3H3/q+1. The summed E-state index contributed by atoms with van der Waals surface area (Å²) in [6.07, 6.45) is 52.1. The molecule has 0 unspecified atom stereocenters. The molecule has 43 heavy (non-hydrogen) atoms. The van der Waals surface area contributed by atoms with Gasteiger partial charge in [-0.1, -0.05) is 201 Å². The second-order valence-corrected chi connectivity index (χ2v) is 14.1. The van der Waals surface area contributed by atoms with Gasteiger partial charge in [-0.25, -0.2) is 9.13 Å².